The number of allylic oxidation sites excluding steroid dienone is 2. The Kier molecular flexibility index (Phi) is 5.15. The van der Waals surface area contributed by atoms with E-state index in [4.69, 9.17) is 14.5 Å². The molecular weight excluding hydrogens is 386 g/mol. The number of rotatable bonds is 6. The number of anilines is 1. The highest BCUT2D eigenvalue weighted by Gasteiger charge is 2.55. The van der Waals surface area contributed by atoms with E-state index in [1.165, 1.54) is 9.80 Å². The Morgan fingerprint density at radius 3 is 2.43 bits per heavy atom. The molecule has 4 rings (SSSR count). The quantitative estimate of drug-likeness (QED) is 0.665. The number of aliphatic imine (C=N–C) groups is 1. The van der Waals surface area contributed by atoms with Gasteiger partial charge in [-0.1, -0.05) is 0 Å². The predicted molar refractivity (Wildman–Crippen MR) is 112 cm³/mol. The topological polar surface area (TPSA) is 77.9 Å². The molecule has 0 bridgehead atoms. The van der Waals surface area contributed by atoms with Gasteiger partial charge in [0.25, 0.3) is 5.91 Å². The SMILES string of the molecule is CCOCCN1C(=O)C2C(N=C3N(c4ccc(OC)cc4)C(C)=C(C)N32)N(C)C1=O. The van der Waals surface area contributed by atoms with Crippen LogP contribution in [0.1, 0.15) is 20.8 Å². The van der Waals surface area contributed by atoms with Crippen molar-refractivity contribution in [1.29, 1.82) is 0 Å². The number of imide groups is 1. The summed E-state index contributed by atoms with van der Waals surface area (Å²) in [5.41, 5.74) is 2.85. The number of carbonyl (C=O) groups is 2. The van der Waals surface area contributed by atoms with Crippen LogP contribution in [-0.2, 0) is 9.53 Å². The molecule has 1 saturated heterocycles. The average molecular weight is 413 g/mol. The molecule has 1 aromatic carbocycles. The molecule has 3 amide bonds. The second-order valence-corrected chi connectivity index (χ2v) is 7.44. The number of likely N-dealkylation sites (N-methyl/N-ethyl adjacent to an activating group) is 1. The third-order valence-corrected chi connectivity index (χ3v) is 5.89. The molecule has 0 radical (unpaired) electrons. The fraction of sp³-hybridized carbons (Fsp3) is 0.476. The largest absolute Gasteiger partial charge is 0.497 e. The summed E-state index contributed by atoms with van der Waals surface area (Å²) in [7, 11) is 3.32. The van der Waals surface area contributed by atoms with Crippen LogP contribution in [0.5, 0.6) is 5.75 Å². The van der Waals surface area contributed by atoms with Crippen LogP contribution in [0.15, 0.2) is 40.7 Å². The van der Waals surface area contributed by atoms with Crippen LogP contribution in [0.4, 0.5) is 10.5 Å². The molecule has 9 heteroatoms. The lowest BCUT2D eigenvalue weighted by Crippen LogP contribution is -2.65. The molecule has 0 aliphatic carbocycles. The van der Waals surface area contributed by atoms with Gasteiger partial charge in [0.2, 0.25) is 5.96 Å². The van der Waals surface area contributed by atoms with Gasteiger partial charge in [-0.3, -0.25) is 19.5 Å². The van der Waals surface area contributed by atoms with Crippen molar-refractivity contribution in [3.63, 3.8) is 0 Å². The Hall–Kier alpha value is -3.07. The minimum absolute atomic E-state index is 0.228. The summed E-state index contributed by atoms with van der Waals surface area (Å²) in [5, 5.41) is 0. The zero-order chi connectivity index (χ0) is 21.6. The van der Waals surface area contributed by atoms with Gasteiger partial charge in [0.15, 0.2) is 12.2 Å². The smallest absolute Gasteiger partial charge is 0.328 e. The summed E-state index contributed by atoms with van der Waals surface area (Å²) >= 11 is 0. The number of benzene rings is 1. The number of ether oxygens (including phenoxy) is 2. The Balaban J connectivity index is 1.68. The van der Waals surface area contributed by atoms with Crippen LogP contribution < -0.4 is 9.64 Å². The molecule has 0 aromatic heterocycles. The minimum atomic E-state index is -0.581. The Bertz CT molecular complexity index is 926. The third-order valence-electron chi connectivity index (χ3n) is 5.89. The molecule has 0 spiro atoms. The van der Waals surface area contributed by atoms with Gasteiger partial charge in [-0.05, 0) is 45.0 Å². The summed E-state index contributed by atoms with van der Waals surface area (Å²) < 4.78 is 10.6. The van der Waals surface area contributed by atoms with Crippen LogP contribution in [0, 0.1) is 0 Å². The molecule has 160 valence electrons. The Morgan fingerprint density at radius 1 is 1.10 bits per heavy atom. The lowest BCUT2D eigenvalue weighted by Gasteiger charge is -2.40. The Morgan fingerprint density at radius 2 is 1.80 bits per heavy atom. The molecule has 3 aliphatic rings. The van der Waals surface area contributed by atoms with Crippen molar-refractivity contribution >= 4 is 23.6 Å². The molecule has 0 N–H and O–H groups in total. The number of urea groups is 1. The number of fused-ring (bicyclic) bond motifs is 3. The monoisotopic (exact) mass is 413 g/mol. The predicted octanol–water partition coefficient (Wildman–Crippen LogP) is 2.06. The first-order chi connectivity index (χ1) is 14.4. The number of hydrogen-bond donors (Lipinski definition) is 0. The molecule has 2 unspecified atom stereocenters. The van der Waals surface area contributed by atoms with E-state index in [0.29, 0.717) is 19.2 Å². The van der Waals surface area contributed by atoms with Crippen LogP contribution in [0.3, 0.4) is 0 Å². The second kappa shape index (κ2) is 7.64. The van der Waals surface area contributed by atoms with Crippen molar-refractivity contribution in [3.05, 3.63) is 35.7 Å². The molecule has 3 aliphatic heterocycles. The summed E-state index contributed by atoms with van der Waals surface area (Å²) in [4.78, 5) is 37.7. The average Bonchev–Trinajstić information content (AvgIpc) is 3.25. The molecule has 0 saturated carbocycles. The first kappa shape index (κ1) is 20.2. The maximum Gasteiger partial charge on any atom is 0.328 e. The molecule has 3 heterocycles. The Labute approximate surface area is 176 Å². The van der Waals surface area contributed by atoms with Crippen LogP contribution >= 0.6 is 0 Å². The summed E-state index contributed by atoms with van der Waals surface area (Å²) in [6.07, 6.45) is -0.563. The fourth-order valence-corrected chi connectivity index (χ4v) is 4.16. The van der Waals surface area contributed by atoms with Crippen molar-refractivity contribution in [3.8, 4) is 5.75 Å². The fourth-order valence-electron chi connectivity index (χ4n) is 4.16. The highest BCUT2D eigenvalue weighted by Crippen LogP contribution is 2.40. The lowest BCUT2D eigenvalue weighted by atomic mass is 10.1. The van der Waals surface area contributed by atoms with E-state index in [1.54, 1.807) is 14.2 Å². The van der Waals surface area contributed by atoms with Crippen molar-refractivity contribution < 1.29 is 19.1 Å². The maximum absolute atomic E-state index is 13.3. The molecular formula is C21H27N5O4. The molecule has 1 aromatic rings. The zero-order valence-electron chi connectivity index (χ0n) is 18.0. The molecule has 2 atom stereocenters. The van der Waals surface area contributed by atoms with Crippen molar-refractivity contribution in [2.24, 2.45) is 4.99 Å². The van der Waals surface area contributed by atoms with Crippen molar-refractivity contribution in [1.82, 2.24) is 14.7 Å². The van der Waals surface area contributed by atoms with E-state index in [1.807, 2.05) is 54.8 Å². The summed E-state index contributed by atoms with van der Waals surface area (Å²) in [6.45, 7) is 6.95. The van der Waals surface area contributed by atoms with Gasteiger partial charge in [-0.25, -0.2) is 9.79 Å². The van der Waals surface area contributed by atoms with Crippen molar-refractivity contribution in [2.45, 2.75) is 33.0 Å². The van der Waals surface area contributed by atoms with Gasteiger partial charge >= 0.3 is 6.03 Å². The van der Waals surface area contributed by atoms with Gasteiger partial charge < -0.3 is 14.4 Å². The van der Waals surface area contributed by atoms with Gasteiger partial charge in [-0.15, -0.1) is 0 Å². The first-order valence-corrected chi connectivity index (χ1v) is 10.0. The molecule has 9 nitrogen and oxygen atoms in total. The zero-order valence-corrected chi connectivity index (χ0v) is 18.0. The van der Waals surface area contributed by atoms with Gasteiger partial charge in [0, 0.05) is 30.7 Å². The van der Waals surface area contributed by atoms with E-state index >= 15 is 0 Å². The van der Waals surface area contributed by atoms with Crippen LogP contribution in [0.2, 0.25) is 0 Å². The van der Waals surface area contributed by atoms with E-state index < -0.39 is 12.2 Å². The van der Waals surface area contributed by atoms with E-state index in [-0.39, 0.29) is 18.5 Å². The summed E-state index contributed by atoms with van der Waals surface area (Å²) in [6, 6.07) is 6.76. The van der Waals surface area contributed by atoms with Gasteiger partial charge in [0.1, 0.15) is 5.75 Å². The number of amides is 3. The number of carbonyl (C=O) groups excluding carboxylic acids is 2. The molecule has 30 heavy (non-hydrogen) atoms. The van der Waals surface area contributed by atoms with E-state index in [2.05, 4.69) is 0 Å². The highest BCUT2D eigenvalue weighted by molar-refractivity contribution is 6.10. The first-order valence-electron chi connectivity index (χ1n) is 10.0. The van der Waals surface area contributed by atoms with Gasteiger partial charge in [0.05, 0.1) is 20.3 Å². The molecule has 1 fully saturated rings. The number of nitrogens with zero attached hydrogens (tertiary/aromatic N) is 5. The maximum atomic E-state index is 13.3. The second-order valence-electron chi connectivity index (χ2n) is 7.44. The third kappa shape index (κ3) is 2.92. The summed E-state index contributed by atoms with van der Waals surface area (Å²) in [5.74, 6) is 1.18. The highest BCUT2D eigenvalue weighted by atomic mass is 16.5. The van der Waals surface area contributed by atoms with Crippen LogP contribution in [-0.4, -0.2) is 78.7 Å². The lowest BCUT2D eigenvalue weighted by molar-refractivity contribution is -0.137. The van der Waals surface area contributed by atoms with E-state index in [0.717, 1.165) is 22.8 Å². The number of hydrogen-bond acceptors (Lipinski definition) is 7. The number of methoxy groups -OCH3 is 1. The van der Waals surface area contributed by atoms with Gasteiger partial charge in [-0.2, -0.15) is 0 Å². The number of guanidine groups is 1. The normalized spacial score (nSPS) is 23.3. The van der Waals surface area contributed by atoms with Crippen LogP contribution in [0.25, 0.3) is 0 Å². The van der Waals surface area contributed by atoms with Crippen molar-refractivity contribution in [2.75, 3.05) is 38.8 Å². The minimum Gasteiger partial charge on any atom is -0.497 e. The van der Waals surface area contributed by atoms with E-state index in [9.17, 15) is 9.59 Å². The standard InChI is InChI=1S/C21H27N5O4/c1-6-30-12-11-24-19(27)17-18(23(4)21(24)28)22-20-25(13(2)14(3)26(17)20)15-7-9-16(29-5)10-8-15/h7-10,17-18H,6,11-12H2,1-5H3.